The second-order valence-electron chi connectivity index (χ2n) is 4.30. The van der Waals surface area contributed by atoms with E-state index in [2.05, 4.69) is 19.1 Å². The van der Waals surface area contributed by atoms with Crippen LogP contribution in [0.1, 0.15) is 43.0 Å². The Bertz CT molecular complexity index is 350. The Morgan fingerprint density at radius 3 is 2.44 bits per heavy atom. The Kier molecular flexibility index (Phi) is 4.05. The molecule has 0 unspecified atom stereocenters. The first-order valence-electron chi connectivity index (χ1n) is 6.08. The van der Waals surface area contributed by atoms with E-state index >= 15 is 0 Å². The fourth-order valence-corrected chi connectivity index (χ4v) is 2.97. The molecular weight excluding hydrogens is 216 g/mol. The Balaban J connectivity index is 2.05. The molecule has 0 spiro atoms. The zero-order valence-electron chi connectivity index (χ0n) is 9.74. The first-order valence-corrected chi connectivity index (χ1v) is 7.07. The molecule has 1 nitrogen and oxygen atoms in total. The molecule has 0 amide bonds. The van der Waals surface area contributed by atoms with Crippen LogP contribution in [0, 0.1) is 5.92 Å². The fourth-order valence-electron chi connectivity index (χ4n) is 2.31. The van der Waals surface area contributed by atoms with Crippen LogP contribution in [0.5, 0.6) is 0 Å². The Morgan fingerprint density at radius 2 is 1.88 bits per heavy atom. The molecule has 0 N–H and O–H groups in total. The summed E-state index contributed by atoms with van der Waals surface area (Å²) >= 11 is 1.82. The van der Waals surface area contributed by atoms with Crippen molar-refractivity contribution in [1.29, 1.82) is 0 Å². The van der Waals surface area contributed by atoms with Gasteiger partial charge in [-0.05, 0) is 30.7 Å². The van der Waals surface area contributed by atoms with Crippen molar-refractivity contribution in [2.24, 2.45) is 5.92 Å². The van der Waals surface area contributed by atoms with Crippen LogP contribution in [0.2, 0.25) is 0 Å². The van der Waals surface area contributed by atoms with Crippen LogP contribution < -0.4 is 0 Å². The summed E-state index contributed by atoms with van der Waals surface area (Å²) < 4.78 is 0. The van der Waals surface area contributed by atoms with Gasteiger partial charge in [0.05, 0.1) is 0 Å². The summed E-state index contributed by atoms with van der Waals surface area (Å²) in [6, 6.07) is 8.10. The van der Waals surface area contributed by atoms with Crippen molar-refractivity contribution in [3.63, 3.8) is 0 Å². The topological polar surface area (TPSA) is 17.1 Å². The number of carbonyl (C=O) groups is 1. The number of carbonyl (C=O) groups excluding carboxylic acids is 1. The van der Waals surface area contributed by atoms with Crippen molar-refractivity contribution in [1.82, 2.24) is 0 Å². The number of ketones is 1. The molecule has 0 atom stereocenters. The van der Waals surface area contributed by atoms with Crippen LogP contribution in [0.25, 0.3) is 0 Å². The molecule has 2 heteroatoms. The van der Waals surface area contributed by atoms with Crippen LogP contribution in [-0.2, 0) is 0 Å². The lowest BCUT2D eigenvalue weighted by Gasteiger charge is -2.08. The lowest BCUT2D eigenvalue weighted by Crippen LogP contribution is -2.10. The maximum atomic E-state index is 12.1. The van der Waals surface area contributed by atoms with Gasteiger partial charge >= 0.3 is 0 Å². The molecule has 2 rings (SSSR count). The van der Waals surface area contributed by atoms with Gasteiger partial charge in [0, 0.05) is 16.4 Å². The number of thioether (sulfide) groups is 1. The molecule has 1 aliphatic carbocycles. The largest absolute Gasteiger partial charge is 0.294 e. The van der Waals surface area contributed by atoms with E-state index in [9.17, 15) is 4.79 Å². The van der Waals surface area contributed by atoms with E-state index in [4.69, 9.17) is 0 Å². The van der Waals surface area contributed by atoms with Crippen molar-refractivity contribution in [2.45, 2.75) is 37.5 Å². The molecule has 0 radical (unpaired) electrons. The molecule has 1 aliphatic rings. The van der Waals surface area contributed by atoms with E-state index in [0.29, 0.717) is 11.7 Å². The van der Waals surface area contributed by atoms with Gasteiger partial charge in [0.15, 0.2) is 5.78 Å². The first kappa shape index (κ1) is 11.7. The van der Waals surface area contributed by atoms with Gasteiger partial charge in [-0.25, -0.2) is 0 Å². The SMILES string of the molecule is CCSc1ccc(C(=O)C2CCCC2)cc1. The highest BCUT2D eigenvalue weighted by Gasteiger charge is 2.23. The normalized spacial score (nSPS) is 16.6. The van der Waals surface area contributed by atoms with Crippen molar-refractivity contribution in [3.8, 4) is 0 Å². The second kappa shape index (κ2) is 5.53. The minimum absolute atomic E-state index is 0.296. The molecule has 86 valence electrons. The van der Waals surface area contributed by atoms with Gasteiger partial charge < -0.3 is 0 Å². The standard InChI is InChI=1S/C14H18OS/c1-2-16-13-9-7-12(8-10-13)14(15)11-5-3-4-6-11/h7-11H,2-6H2,1H3. The molecule has 0 saturated heterocycles. The highest BCUT2D eigenvalue weighted by atomic mass is 32.2. The third-order valence-corrected chi connectivity index (χ3v) is 4.07. The first-order chi connectivity index (χ1) is 7.81. The number of rotatable bonds is 4. The maximum absolute atomic E-state index is 12.1. The second-order valence-corrected chi connectivity index (χ2v) is 5.64. The van der Waals surface area contributed by atoms with Crippen LogP contribution in [-0.4, -0.2) is 11.5 Å². The molecule has 1 aromatic carbocycles. The predicted molar refractivity (Wildman–Crippen MR) is 69.1 cm³/mol. The Hall–Kier alpha value is -0.760. The van der Waals surface area contributed by atoms with Crippen molar-refractivity contribution >= 4 is 17.5 Å². The van der Waals surface area contributed by atoms with Gasteiger partial charge in [0.2, 0.25) is 0 Å². The lowest BCUT2D eigenvalue weighted by atomic mass is 9.96. The Morgan fingerprint density at radius 1 is 1.25 bits per heavy atom. The zero-order valence-corrected chi connectivity index (χ0v) is 10.6. The minimum Gasteiger partial charge on any atom is -0.294 e. The van der Waals surface area contributed by atoms with E-state index in [1.807, 2.05) is 23.9 Å². The van der Waals surface area contributed by atoms with E-state index in [1.165, 1.54) is 17.7 Å². The van der Waals surface area contributed by atoms with Crippen molar-refractivity contribution in [2.75, 3.05) is 5.75 Å². The molecule has 0 heterocycles. The van der Waals surface area contributed by atoms with Crippen molar-refractivity contribution < 1.29 is 4.79 Å². The van der Waals surface area contributed by atoms with Crippen LogP contribution in [0.4, 0.5) is 0 Å². The number of benzene rings is 1. The number of Topliss-reactive ketones (excluding diaryl/α,β-unsaturated/α-hetero) is 1. The fraction of sp³-hybridized carbons (Fsp3) is 0.500. The number of hydrogen-bond acceptors (Lipinski definition) is 2. The Labute approximate surface area is 102 Å². The lowest BCUT2D eigenvalue weighted by molar-refractivity contribution is 0.0923. The van der Waals surface area contributed by atoms with E-state index in [1.54, 1.807) is 0 Å². The molecule has 0 bridgehead atoms. The summed E-state index contributed by atoms with van der Waals surface area (Å²) in [5.74, 6) is 1.73. The summed E-state index contributed by atoms with van der Waals surface area (Å²) in [4.78, 5) is 13.4. The zero-order chi connectivity index (χ0) is 11.4. The van der Waals surface area contributed by atoms with Crippen LogP contribution in [0.15, 0.2) is 29.2 Å². The summed E-state index contributed by atoms with van der Waals surface area (Å²) in [7, 11) is 0. The van der Waals surface area contributed by atoms with Gasteiger partial charge in [-0.2, -0.15) is 0 Å². The van der Waals surface area contributed by atoms with E-state index in [-0.39, 0.29) is 0 Å². The van der Waals surface area contributed by atoms with Gasteiger partial charge in [0.1, 0.15) is 0 Å². The number of hydrogen-bond donors (Lipinski definition) is 0. The maximum Gasteiger partial charge on any atom is 0.165 e. The molecule has 1 aromatic rings. The van der Waals surface area contributed by atoms with Crippen LogP contribution >= 0.6 is 11.8 Å². The van der Waals surface area contributed by atoms with Crippen molar-refractivity contribution in [3.05, 3.63) is 29.8 Å². The summed E-state index contributed by atoms with van der Waals surface area (Å²) in [6.07, 6.45) is 4.62. The monoisotopic (exact) mass is 234 g/mol. The average molecular weight is 234 g/mol. The van der Waals surface area contributed by atoms with Crippen LogP contribution in [0.3, 0.4) is 0 Å². The van der Waals surface area contributed by atoms with Gasteiger partial charge in [-0.3, -0.25) is 4.79 Å². The average Bonchev–Trinajstić information content (AvgIpc) is 2.83. The minimum atomic E-state index is 0.296. The predicted octanol–water partition coefficient (Wildman–Crippen LogP) is 4.17. The van der Waals surface area contributed by atoms with E-state index < -0.39 is 0 Å². The summed E-state index contributed by atoms with van der Waals surface area (Å²) in [6.45, 7) is 2.14. The van der Waals surface area contributed by atoms with E-state index in [0.717, 1.165) is 24.2 Å². The summed E-state index contributed by atoms with van der Waals surface area (Å²) in [5.41, 5.74) is 0.896. The molecular formula is C14H18OS. The molecule has 1 saturated carbocycles. The summed E-state index contributed by atoms with van der Waals surface area (Å²) in [5, 5.41) is 0. The quantitative estimate of drug-likeness (QED) is 0.574. The molecule has 1 fully saturated rings. The van der Waals surface area contributed by atoms with Gasteiger partial charge in [0.25, 0.3) is 0 Å². The molecule has 16 heavy (non-hydrogen) atoms. The third kappa shape index (κ3) is 2.67. The highest BCUT2D eigenvalue weighted by molar-refractivity contribution is 7.99. The van der Waals surface area contributed by atoms with Gasteiger partial charge in [-0.15, -0.1) is 11.8 Å². The molecule has 0 aliphatic heterocycles. The highest BCUT2D eigenvalue weighted by Crippen LogP contribution is 2.28. The smallest absolute Gasteiger partial charge is 0.165 e. The molecule has 0 aromatic heterocycles. The third-order valence-electron chi connectivity index (χ3n) is 3.18. The van der Waals surface area contributed by atoms with Gasteiger partial charge in [-0.1, -0.05) is 31.9 Å².